The number of carbonyl (C=O) groups is 3. The van der Waals surface area contributed by atoms with Crippen LogP contribution in [-0.4, -0.2) is 52.8 Å². The molecule has 1 aromatic carbocycles. The standard InChI is InChI=1S/C23H22Cl2N4O5/c24-16-10-15(11-17(25)12-16)18(13-21(31)32)29-20(30)14-23(5-3-7-28-23)22(33)34-9-8-27-19-4-1-2-6-26-19/h1-7,10-12,18H,8-9,13-14H2,(H,26,27)(H,29,30)(H,31,32). The summed E-state index contributed by atoms with van der Waals surface area (Å²) in [6.45, 7) is 0.347. The Balaban J connectivity index is 1.63. The minimum absolute atomic E-state index is 0.0325. The van der Waals surface area contributed by atoms with E-state index in [2.05, 4.69) is 20.6 Å². The Morgan fingerprint density at radius 2 is 1.91 bits per heavy atom. The lowest BCUT2D eigenvalue weighted by Crippen LogP contribution is -2.42. The molecule has 0 spiro atoms. The van der Waals surface area contributed by atoms with Crippen molar-refractivity contribution in [3.05, 3.63) is 70.4 Å². The summed E-state index contributed by atoms with van der Waals surface area (Å²) in [4.78, 5) is 45.3. The molecule has 0 saturated carbocycles. The SMILES string of the molecule is O=C(O)CC(NC(=O)CC1(C(=O)OCCNc2ccccn2)C=CC=N1)c1cc(Cl)cc(Cl)c1. The molecule has 0 bridgehead atoms. The van der Waals surface area contributed by atoms with E-state index in [9.17, 15) is 19.5 Å². The molecule has 3 N–H and O–H groups in total. The number of esters is 1. The minimum Gasteiger partial charge on any atom is -0.481 e. The van der Waals surface area contributed by atoms with Gasteiger partial charge in [-0.2, -0.15) is 0 Å². The Bertz CT molecular complexity index is 1080. The van der Waals surface area contributed by atoms with Crippen molar-refractivity contribution in [1.82, 2.24) is 10.3 Å². The van der Waals surface area contributed by atoms with Gasteiger partial charge in [0.25, 0.3) is 0 Å². The van der Waals surface area contributed by atoms with E-state index in [0.717, 1.165) is 0 Å². The fraction of sp³-hybridized carbons (Fsp3) is 0.261. The molecule has 178 valence electrons. The van der Waals surface area contributed by atoms with Gasteiger partial charge in [-0.05, 0) is 48.0 Å². The number of carboxylic acids is 1. The molecule has 0 radical (unpaired) electrons. The van der Waals surface area contributed by atoms with Crippen molar-refractivity contribution >= 4 is 53.1 Å². The van der Waals surface area contributed by atoms with Gasteiger partial charge in [-0.25, -0.2) is 9.78 Å². The van der Waals surface area contributed by atoms with Crippen molar-refractivity contribution in [3.63, 3.8) is 0 Å². The van der Waals surface area contributed by atoms with Crippen LogP contribution in [0.25, 0.3) is 0 Å². The summed E-state index contributed by atoms with van der Waals surface area (Å²) in [5.74, 6) is -1.78. The normalized spacial score (nSPS) is 17.2. The molecular formula is C23H22Cl2N4O5. The summed E-state index contributed by atoms with van der Waals surface area (Å²) >= 11 is 12.0. The highest BCUT2D eigenvalue weighted by molar-refractivity contribution is 6.34. The smallest absolute Gasteiger partial charge is 0.338 e. The molecular weight excluding hydrogens is 483 g/mol. The zero-order chi connectivity index (χ0) is 24.6. The highest BCUT2D eigenvalue weighted by atomic mass is 35.5. The fourth-order valence-corrected chi connectivity index (χ4v) is 3.87. The number of aromatic nitrogens is 1. The summed E-state index contributed by atoms with van der Waals surface area (Å²) in [5.41, 5.74) is -1.11. The minimum atomic E-state index is -1.53. The first kappa shape index (κ1) is 25.2. The van der Waals surface area contributed by atoms with Crippen LogP contribution in [0.4, 0.5) is 5.82 Å². The van der Waals surface area contributed by atoms with Crippen molar-refractivity contribution in [2.45, 2.75) is 24.4 Å². The largest absolute Gasteiger partial charge is 0.481 e. The molecule has 2 aromatic rings. The quantitative estimate of drug-likeness (QED) is 0.315. The maximum Gasteiger partial charge on any atom is 0.338 e. The number of hydrogen-bond donors (Lipinski definition) is 3. The lowest BCUT2D eigenvalue weighted by Gasteiger charge is -2.24. The van der Waals surface area contributed by atoms with Crippen LogP contribution >= 0.6 is 23.2 Å². The van der Waals surface area contributed by atoms with Crippen LogP contribution in [-0.2, 0) is 19.1 Å². The van der Waals surface area contributed by atoms with E-state index in [-0.39, 0.29) is 13.0 Å². The first-order valence-corrected chi connectivity index (χ1v) is 11.1. The van der Waals surface area contributed by atoms with Gasteiger partial charge in [-0.15, -0.1) is 0 Å². The monoisotopic (exact) mass is 504 g/mol. The average molecular weight is 505 g/mol. The number of anilines is 1. The molecule has 0 saturated heterocycles. The Hall–Kier alpha value is -3.43. The zero-order valence-corrected chi connectivity index (χ0v) is 19.4. The van der Waals surface area contributed by atoms with Gasteiger partial charge < -0.3 is 20.5 Å². The van der Waals surface area contributed by atoms with Crippen LogP contribution in [0.5, 0.6) is 0 Å². The molecule has 1 aliphatic rings. The van der Waals surface area contributed by atoms with Crippen molar-refractivity contribution in [1.29, 1.82) is 0 Å². The fourth-order valence-electron chi connectivity index (χ4n) is 3.33. The summed E-state index contributed by atoms with van der Waals surface area (Å²) in [5, 5.41) is 15.5. The predicted molar refractivity (Wildman–Crippen MR) is 128 cm³/mol. The number of carbonyl (C=O) groups excluding carboxylic acids is 2. The summed E-state index contributed by atoms with van der Waals surface area (Å²) in [6.07, 6.45) is 5.30. The third kappa shape index (κ3) is 7.03. The number of carboxylic acid groups (broad SMARTS) is 1. The van der Waals surface area contributed by atoms with Crippen LogP contribution in [0.15, 0.2) is 59.7 Å². The van der Waals surface area contributed by atoms with E-state index in [0.29, 0.717) is 28.0 Å². The number of ether oxygens (including phenoxy) is 1. The lowest BCUT2D eigenvalue weighted by atomic mass is 9.95. The third-order valence-electron chi connectivity index (χ3n) is 4.85. The molecule has 0 fully saturated rings. The summed E-state index contributed by atoms with van der Waals surface area (Å²) < 4.78 is 5.33. The molecule has 2 heterocycles. The first-order chi connectivity index (χ1) is 16.3. The number of allylic oxidation sites excluding steroid dienone is 1. The van der Waals surface area contributed by atoms with Crippen molar-refractivity contribution < 1.29 is 24.2 Å². The van der Waals surface area contributed by atoms with E-state index in [4.69, 9.17) is 27.9 Å². The number of nitrogens with zero attached hydrogens (tertiary/aromatic N) is 2. The number of nitrogens with one attached hydrogen (secondary N) is 2. The number of amides is 1. The number of halogens is 2. The molecule has 3 rings (SSSR count). The second-order valence-electron chi connectivity index (χ2n) is 7.44. The molecule has 1 aliphatic heterocycles. The highest BCUT2D eigenvalue weighted by Gasteiger charge is 2.41. The Morgan fingerprint density at radius 1 is 1.15 bits per heavy atom. The first-order valence-electron chi connectivity index (χ1n) is 10.3. The third-order valence-corrected chi connectivity index (χ3v) is 5.29. The maximum absolute atomic E-state index is 12.9. The van der Waals surface area contributed by atoms with Gasteiger partial charge in [0, 0.05) is 22.5 Å². The molecule has 2 unspecified atom stereocenters. The zero-order valence-electron chi connectivity index (χ0n) is 17.9. The van der Waals surface area contributed by atoms with Gasteiger partial charge in [0.1, 0.15) is 12.4 Å². The number of benzene rings is 1. The molecule has 11 heteroatoms. The van der Waals surface area contributed by atoms with E-state index >= 15 is 0 Å². The van der Waals surface area contributed by atoms with Crippen LogP contribution in [0.3, 0.4) is 0 Å². The van der Waals surface area contributed by atoms with Crippen molar-refractivity contribution in [2.24, 2.45) is 4.99 Å². The molecule has 0 aliphatic carbocycles. The second-order valence-corrected chi connectivity index (χ2v) is 8.31. The Morgan fingerprint density at radius 3 is 2.53 bits per heavy atom. The molecule has 2 atom stereocenters. The van der Waals surface area contributed by atoms with Crippen LogP contribution in [0.2, 0.25) is 10.0 Å². The van der Waals surface area contributed by atoms with Gasteiger partial charge >= 0.3 is 11.9 Å². The van der Waals surface area contributed by atoms with Gasteiger partial charge in [0.05, 0.1) is 25.4 Å². The number of aliphatic carboxylic acids is 1. The van der Waals surface area contributed by atoms with Gasteiger partial charge in [0.15, 0.2) is 5.54 Å². The van der Waals surface area contributed by atoms with Gasteiger partial charge in [0.2, 0.25) is 5.91 Å². The van der Waals surface area contributed by atoms with E-state index in [1.54, 1.807) is 24.4 Å². The number of pyridine rings is 1. The van der Waals surface area contributed by atoms with Crippen LogP contribution in [0, 0.1) is 0 Å². The summed E-state index contributed by atoms with van der Waals surface area (Å²) in [6, 6.07) is 9.01. The van der Waals surface area contributed by atoms with Gasteiger partial charge in [-0.3, -0.25) is 14.6 Å². The maximum atomic E-state index is 12.9. The van der Waals surface area contributed by atoms with E-state index in [1.165, 1.54) is 30.5 Å². The number of rotatable bonds is 11. The molecule has 1 amide bonds. The van der Waals surface area contributed by atoms with E-state index < -0.39 is 35.8 Å². The topological polar surface area (TPSA) is 130 Å². The molecule has 34 heavy (non-hydrogen) atoms. The predicted octanol–water partition coefficient (Wildman–Crippen LogP) is 3.45. The van der Waals surface area contributed by atoms with Gasteiger partial charge in [-0.1, -0.05) is 29.3 Å². The highest BCUT2D eigenvalue weighted by Crippen LogP contribution is 2.28. The van der Waals surface area contributed by atoms with E-state index in [1.807, 2.05) is 6.07 Å². The average Bonchev–Trinajstić information content (AvgIpc) is 3.25. The number of aliphatic imine (C=N–C) groups is 1. The lowest BCUT2D eigenvalue weighted by molar-refractivity contribution is -0.149. The second kappa shape index (κ2) is 11.6. The summed E-state index contributed by atoms with van der Waals surface area (Å²) in [7, 11) is 0. The van der Waals surface area contributed by atoms with Crippen molar-refractivity contribution in [2.75, 3.05) is 18.5 Å². The van der Waals surface area contributed by atoms with Crippen LogP contribution in [0.1, 0.15) is 24.4 Å². The Kier molecular flexibility index (Phi) is 8.61. The Labute approximate surface area is 205 Å². The molecule has 1 aromatic heterocycles. The number of hydrogen-bond acceptors (Lipinski definition) is 7. The van der Waals surface area contributed by atoms with Crippen molar-refractivity contribution in [3.8, 4) is 0 Å². The molecule has 9 nitrogen and oxygen atoms in total. The van der Waals surface area contributed by atoms with Crippen LogP contribution < -0.4 is 10.6 Å².